The molecule has 0 aliphatic heterocycles. The van der Waals surface area contributed by atoms with E-state index < -0.39 is 0 Å². The molecule has 0 saturated heterocycles. The van der Waals surface area contributed by atoms with E-state index in [9.17, 15) is 0 Å². The van der Waals surface area contributed by atoms with Crippen molar-refractivity contribution in [3.63, 3.8) is 0 Å². The van der Waals surface area contributed by atoms with Crippen molar-refractivity contribution in [1.29, 1.82) is 0 Å². The average Bonchev–Trinajstić information content (AvgIpc) is 3.23. The van der Waals surface area contributed by atoms with Crippen molar-refractivity contribution in [2.45, 2.75) is 32.8 Å². The lowest BCUT2D eigenvalue weighted by Gasteiger charge is -2.08. The molecule has 4 heteroatoms. The molecule has 0 amide bonds. The zero-order chi connectivity index (χ0) is 13.9. The Morgan fingerprint density at radius 2 is 1.95 bits per heavy atom. The summed E-state index contributed by atoms with van der Waals surface area (Å²) in [6, 6.07) is 10.1. The van der Waals surface area contributed by atoms with Gasteiger partial charge in [-0.25, -0.2) is 9.97 Å². The Bertz CT molecular complexity index is 591. The molecule has 1 aliphatic rings. The lowest BCUT2D eigenvalue weighted by atomic mass is 10.1. The molecule has 20 heavy (non-hydrogen) atoms. The Morgan fingerprint density at radius 3 is 2.60 bits per heavy atom. The van der Waals surface area contributed by atoms with Crippen LogP contribution in [0.3, 0.4) is 0 Å². The minimum Gasteiger partial charge on any atom is -0.490 e. The van der Waals surface area contributed by atoms with E-state index in [1.807, 2.05) is 32.0 Å². The highest BCUT2D eigenvalue weighted by atomic mass is 16.5. The fourth-order valence-corrected chi connectivity index (χ4v) is 2.04. The molecule has 1 aromatic carbocycles. The number of hydrogen-bond donors (Lipinski definition) is 1. The second-order valence-electron chi connectivity index (χ2n) is 5.09. The van der Waals surface area contributed by atoms with Gasteiger partial charge in [-0.2, -0.15) is 0 Å². The molecular formula is C16H19N3O. The highest BCUT2D eigenvalue weighted by Gasteiger charge is 2.23. The third-order valence-corrected chi connectivity index (χ3v) is 3.17. The molecule has 2 aromatic rings. The first-order chi connectivity index (χ1) is 9.74. The van der Waals surface area contributed by atoms with Crippen LogP contribution in [0.15, 0.2) is 30.3 Å². The summed E-state index contributed by atoms with van der Waals surface area (Å²) in [5.41, 5.74) is 2.98. The second-order valence-corrected chi connectivity index (χ2v) is 5.09. The minimum absolute atomic E-state index is 0.433. The van der Waals surface area contributed by atoms with Gasteiger partial charge in [0.2, 0.25) is 5.95 Å². The average molecular weight is 269 g/mol. The molecule has 1 N–H and O–H groups in total. The van der Waals surface area contributed by atoms with Crippen LogP contribution in [-0.4, -0.2) is 22.6 Å². The molecule has 0 spiro atoms. The quantitative estimate of drug-likeness (QED) is 0.903. The molecular weight excluding hydrogens is 250 g/mol. The normalized spacial score (nSPS) is 14.1. The zero-order valence-corrected chi connectivity index (χ0v) is 11.9. The number of nitrogens with zero attached hydrogens (tertiary/aromatic N) is 2. The van der Waals surface area contributed by atoms with Gasteiger partial charge in [0.05, 0.1) is 11.8 Å². The van der Waals surface area contributed by atoms with Crippen LogP contribution in [0.1, 0.15) is 25.5 Å². The van der Waals surface area contributed by atoms with E-state index in [0.29, 0.717) is 12.1 Å². The van der Waals surface area contributed by atoms with Gasteiger partial charge in [-0.15, -0.1) is 0 Å². The lowest BCUT2D eigenvalue weighted by molar-refractivity contribution is 0.303. The molecule has 1 aromatic heterocycles. The predicted molar refractivity (Wildman–Crippen MR) is 80.0 cm³/mol. The van der Waals surface area contributed by atoms with E-state index in [1.165, 1.54) is 12.8 Å². The van der Waals surface area contributed by atoms with E-state index >= 15 is 0 Å². The van der Waals surface area contributed by atoms with Crippen molar-refractivity contribution in [3.05, 3.63) is 36.0 Å². The Morgan fingerprint density at radius 1 is 1.20 bits per heavy atom. The standard InChI is InChI=1S/C16H19N3O/c1-3-17-16-18-11(2)10-15(19-16)12-4-6-13(7-5-12)20-14-8-9-14/h4-7,10,14H,3,8-9H2,1-2H3,(H,17,18,19). The van der Waals surface area contributed by atoms with Crippen molar-refractivity contribution >= 4 is 5.95 Å². The number of anilines is 1. The number of benzene rings is 1. The largest absolute Gasteiger partial charge is 0.490 e. The van der Waals surface area contributed by atoms with Gasteiger partial charge in [0, 0.05) is 17.8 Å². The lowest BCUT2D eigenvalue weighted by Crippen LogP contribution is -2.03. The summed E-state index contributed by atoms with van der Waals surface area (Å²) in [5, 5.41) is 3.16. The van der Waals surface area contributed by atoms with Gasteiger partial charge in [0.15, 0.2) is 0 Å². The fraction of sp³-hybridized carbons (Fsp3) is 0.375. The first kappa shape index (κ1) is 12.9. The topological polar surface area (TPSA) is 47.0 Å². The molecule has 0 atom stereocenters. The van der Waals surface area contributed by atoms with Crippen LogP contribution in [0.4, 0.5) is 5.95 Å². The van der Waals surface area contributed by atoms with E-state index in [4.69, 9.17) is 4.74 Å². The number of aromatic nitrogens is 2. The number of rotatable bonds is 5. The Hall–Kier alpha value is -2.10. The number of ether oxygens (including phenoxy) is 1. The summed E-state index contributed by atoms with van der Waals surface area (Å²) in [6.45, 7) is 4.84. The van der Waals surface area contributed by atoms with Gasteiger partial charge < -0.3 is 10.1 Å². The monoisotopic (exact) mass is 269 g/mol. The molecule has 1 aliphatic carbocycles. The molecule has 0 unspecified atom stereocenters. The molecule has 4 nitrogen and oxygen atoms in total. The van der Waals surface area contributed by atoms with Gasteiger partial charge in [-0.1, -0.05) is 0 Å². The highest BCUT2D eigenvalue weighted by Crippen LogP contribution is 2.28. The van der Waals surface area contributed by atoms with Gasteiger partial charge in [0.1, 0.15) is 5.75 Å². The Balaban J connectivity index is 1.83. The maximum atomic E-state index is 5.76. The van der Waals surface area contributed by atoms with E-state index in [-0.39, 0.29) is 0 Å². The highest BCUT2D eigenvalue weighted by molar-refractivity contribution is 5.61. The molecule has 3 rings (SSSR count). The molecule has 0 bridgehead atoms. The summed E-state index contributed by atoms with van der Waals surface area (Å²) in [4.78, 5) is 8.90. The molecule has 0 radical (unpaired) electrons. The van der Waals surface area contributed by atoms with Crippen molar-refractivity contribution in [2.75, 3.05) is 11.9 Å². The number of hydrogen-bond acceptors (Lipinski definition) is 4. The SMILES string of the molecule is CCNc1nc(C)cc(-c2ccc(OC3CC3)cc2)n1. The van der Waals surface area contributed by atoms with Crippen molar-refractivity contribution in [3.8, 4) is 17.0 Å². The van der Waals surface area contributed by atoms with Crippen LogP contribution in [-0.2, 0) is 0 Å². The number of nitrogens with one attached hydrogen (secondary N) is 1. The van der Waals surface area contributed by atoms with Crippen molar-refractivity contribution < 1.29 is 4.74 Å². The smallest absolute Gasteiger partial charge is 0.223 e. The van der Waals surface area contributed by atoms with Gasteiger partial charge in [-0.05, 0) is 57.0 Å². The third-order valence-electron chi connectivity index (χ3n) is 3.17. The predicted octanol–water partition coefficient (Wildman–Crippen LogP) is 3.43. The second kappa shape index (κ2) is 5.49. The van der Waals surface area contributed by atoms with Crippen LogP contribution in [0.2, 0.25) is 0 Å². The molecule has 104 valence electrons. The van der Waals surface area contributed by atoms with Gasteiger partial charge >= 0.3 is 0 Å². The maximum Gasteiger partial charge on any atom is 0.223 e. The first-order valence-electron chi connectivity index (χ1n) is 7.11. The van der Waals surface area contributed by atoms with Crippen LogP contribution >= 0.6 is 0 Å². The van der Waals surface area contributed by atoms with Crippen LogP contribution in [0.5, 0.6) is 5.75 Å². The van der Waals surface area contributed by atoms with Crippen LogP contribution < -0.4 is 10.1 Å². The van der Waals surface area contributed by atoms with E-state index in [1.54, 1.807) is 0 Å². The van der Waals surface area contributed by atoms with E-state index in [2.05, 4.69) is 27.4 Å². The van der Waals surface area contributed by atoms with Crippen LogP contribution in [0, 0.1) is 6.92 Å². The third kappa shape index (κ3) is 3.07. The molecule has 1 heterocycles. The van der Waals surface area contributed by atoms with Crippen molar-refractivity contribution in [2.24, 2.45) is 0 Å². The van der Waals surface area contributed by atoms with Gasteiger partial charge in [-0.3, -0.25) is 0 Å². The molecule has 1 fully saturated rings. The zero-order valence-electron chi connectivity index (χ0n) is 11.9. The van der Waals surface area contributed by atoms with Gasteiger partial charge in [0.25, 0.3) is 0 Å². The van der Waals surface area contributed by atoms with E-state index in [0.717, 1.165) is 29.2 Å². The summed E-state index contributed by atoms with van der Waals surface area (Å²) in [6.07, 6.45) is 2.79. The fourth-order valence-electron chi connectivity index (χ4n) is 2.04. The Kier molecular flexibility index (Phi) is 3.54. The molecule has 1 saturated carbocycles. The maximum absolute atomic E-state index is 5.76. The summed E-state index contributed by atoms with van der Waals surface area (Å²) in [5.74, 6) is 1.62. The van der Waals surface area contributed by atoms with Crippen LogP contribution in [0.25, 0.3) is 11.3 Å². The minimum atomic E-state index is 0.433. The summed E-state index contributed by atoms with van der Waals surface area (Å²) in [7, 11) is 0. The summed E-state index contributed by atoms with van der Waals surface area (Å²) >= 11 is 0. The number of aryl methyl sites for hydroxylation is 1. The Labute approximate surface area is 119 Å². The summed E-state index contributed by atoms with van der Waals surface area (Å²) < 4.78 is 5.76. The first-order valence-corrected chi connectivity index (χ1v) is 7.11. The van der Waals surface area contributed by atoms with Crippen molar-refractivity contribution in [1.82, 2.24) is 9.97 Å².